The van der Waals surface area contributed by atoms with Crippen molar-refractivity contribution in [3.8, 4) is 0 Å². The molecule has 0 spiro atoms. The van der Waals surface area contributed by atoms with Gasteiger partial charge in [0.15, 0.2) is 0 Å². The summed E-state index contributed by atoms with van der Waals surface area (Å²) >= 11 is 1.57. The summed E-state index contributed by atoms with van der Waals surface area (Å²) in [6.07, 6.45) is 1.96. The third-order valence-corrected chi connectivity index (χ3v) is 4.97. The summed E-state index contributed by atoms with van der Waals surface area (Å²) < 4.78 is 9.94. The maximum Gasteiger partial charge on any atom is 0.336 e. The fourth-order valence-electron chi connectivity index (χ4n) is 3.10. The molecule has 5 nitrogen and oxygen atoms in total. The van der Waals surface area contributed by atoms with E-state index in [-0.39, 0.29) is 0 Å². The lowest BCUT2D eigenvalue weighted by Gasteiger charge is -2.32. The molecule has 0 amide bonds. The average molecular weight is 347 g/mol. The van der Waals surface area contributed by atoms with Gasteiger partial charge in [0.05, 0.1) is 19.8 Å². The summed E-state index contributed by atoms with van der Waals surface area (Å²) in [5.41, 5.74) is 2.50. The Morgan fingerprint density at radius 2 is 1.79 bits per heavy atom. The Balaban J connectivity index is 2.73. The summed E-state index contributed by atoms with van der Waals surface area (Å²) in [5.74, 6) is -2.02. The molecule has 0 aromatic heterocycles. The first-order valence-corrected chi connectivity index (χ1v) is 8.73. The maximum atomic E-state index is 12.4. The number of esters is 2. The van der Waals surface area contributed by atoms with Crippen molar-refractivity contribution in [3.05, 3.63) is 41.1 Å². The molecule has 0 saturated heterocycles. The van der Waals surface area contributed by atoms with E-state index in [1.165, 1.54) is 14.2 Å². The summed E-state index contributed by atoms with van der Waals surface area (Å²) in [6.45, 7) is 3.55. The van der Waals surface area contributed by atoms with Gasteiger partial charge in [-0.25, -0.2) is 4.79 Å². The Hall–Kier alpha value is -2.08. The van der Waals surface area contributed by atoms with Crippen molar-refractivity contribution >= 4 is 29.4 Å². The van der Waals surface area contributed by atoms with Gasteiger partial charge in [0.25, 0.3) is 0 Å². The van der Waals surface area contributed by atoms with E-state index in [4.69, 9.17) is 9.47 Å². The van der Waals surface area contributed by atoms with Crippen LogP contribution < -0.4 is 0 Å². The molecule has 0 radical (unpaired) electrons. The lowest BCUT2D eigenvalue weighted by atomic mass is 9.75. The van der Waals surface area contributed by atoms with Gasteiger partial charge in [-0.3, -0.25) is 9.79 Å². The normalized spacial score (nSPS) is 20.5. The van der Waals surface area contributed by atoms with Crippen LogP contribution in [0, 0.1) is 5.92 Å². The standard InChI is InChI=1S/C18H21NO4S/c1-10-14(17(20)22-3)16(12-8-6-7-9-13(12)24-5)15(11(2)19-10)18(21)23-4/h6-9,14,16H,1-5H3. The molecular formula is C18H21NO4S. The van der Waals surface area contributed by atoms with E-state index in [2.05, 4.69) is 4.99 Å². The first-order valence-electron chi connectivity index (χ1n) is 7.51. The van der Waals surface area contributed by atoms with Crippen molar-refractivity contribution in [2.45, 2.75) is 24.7 Å². The SMILES string of the molecule is COC(=O)C1=C(C)N=C(C)C(C(=O)OC)C1c1ccccc1SC. The minimum atomic E-state index is -0.652. The highest BCUT2D eigenvalue weighted by atomic mass is 32.2. The second-order valence-electron chi connectivity index (χ2n) is 5.46. The predicted molar refractivity (Wildman–Crippen MR) is 94.3 cm³/mol. The van der Waals surface area contributed by atoms with Crippen molar-refractivity contribution in [3.63, 3.8) is 0 Å². The average Bonchev–Trinajstić information content (AvgIpc) is 2.59. The Bertz CT molecular complexity index is 723. The van der Waals surface area contributed by atoms with Gasteiger partial charge in [0, 0.05) is 22.2 Å². The zero-order valence-electron chi connectivity index (χ0n) is 14.5. The second kappa shape index (κ2) is 7.66. The number of ether oxygens (including phenoxy) is 2. The van der Waals surface area contributed by atoms with Crippen LogP contribution in [0.5, 0.6) is 0 Å². The molecule has 0 aliphatic carbocycles. The lowest BCUT2D eigenvalue weighted by Crippen LogP contribution is -2.36. The Morgan fingerprint density at radius 1 is 1.12 bits per heavy atom. The zero-order chi connectivity index (χ0) is 17.9. The molecule has 1 aromatic carbocycles. The maximum absolute atomic E-state index is 12.4. The Kier molecular flexibility index (Phi) is 5.83. The number of allylic oxidation sites excluding steroid dienone is 1. The smallest absolute Gasteiger partial charge is 0.336 e. The molecule has 6 heteroatoms. The monoisotopic (exact) mass is 347 g/mol. The van der Waals surface area contributed by atoms with E-state index in [0.717, 1.165) is 10.5 Å². The van der Waals surface area contributed by atoms with Gasteiger partial charge >= 0.3 is 11.9 Å². The van der Waals surface area contributed by atoms with Crippen molar-refractivity contribution in [2.75, 3.05) is 20.5 Å². The van der Waals surface area contributed by atoms with E-state index in [1.807, 2.05) is 30.5 Å². The fraction of sp³-hybridized carbons (Fsp3) is 0.389. The van der Waals surface area contributed by atoms with Gasteiger partial charge in [-0.2, -0.15) is 0 Å². The van der Waals surface area contributed by atoms with Crippen molar-refractivity contribution in [1.29, 1.82) is 0 Å². The van der Waals surface area contributed by atoms with Crippen LogP contribution in [-0.2, 0) is 19.1 Å². The third-order valence-electron chi connectivity index (χ3n) is 4.16. The first kappa shape index (κ1) is 18.3. The number of hydrogen-bond donors (Lipinski definition) is 0. The van der Waals surface area contributed by atoms with Crippen LogP contribution in [0.15, 0.2) is 45.4 Å². The second-order valence-corrected chi connectivity index (χ2v) is 6.31. The van der Waals surface area contributed by atoms with Crippen LogP contribution in [0.1, 0.15) is 25.3 Å². The summed E-state index contributed by atoms with van der Waals surface area (Å²) in [6, 6.07) is 7.73. The highest BCUT2D eigenvalue weighted by molar-refractivity contribution is 7.98. The highest BCUT2D eigenvalue weighted by Gasteiger charge is 2.42. The quantitative estimate of drug-likeness (QED) is 0.618. The topological polar surface area (TPSA) is 65.0 Å². The van der Waals surface area contributed by atoms with Crippen molar-refractivity contribution in [1.82, 2.24) is 0 Å². The van der Waals surface area contributed by atoms with Gasteiger partial charge in [-0.15, -0.1) is 11.8 Å². The van der Waals surface area contributed by atoms with E-state index >= 15 is 0 Å². The summed E-state index contributed by atoms with van der Waals surface area (Å²) in [5, 5.41) is 0. The summed E-state index contributed by atoms with van der Waals surface area (Å²) in [7, 11) is 2.68. The number of hydrogen-bond acceptors (Lipinski definition) is 6. The number of aliphatic imine (C=N–C) groups is 1. The van der Waals surface area contributed by atoms with Crippen LogP contribution >= 0.6 is 11.8 Å². The molecule has 0 bridgehead atoms. The highest BCUT2D eigenvalue weighted by Crippen LogP contribution is 2.42. The molecule has 128 valence electrons. The molecular weight excluding hydrogens is 326 g/mol. The van der Waals surface area contributed by atoms with Crippen molar-refractivity contribution in [2.24, 2.45) is 10.9 Å². The van der Waals surface area contributed by atoms with Gasteiger partial charge in [0.2, 0.25) is 0 Å². The first-order chi connectivity index (χ1) is 11.5. The minimum absolute atomic E-state index is 0.403. The molecule has 1 aliphatic rings. The third kappa shape index (κ3) is 3.24. The molecule has 1 aliphatic heterocycles. The molecule has 2 atom stereocenters. The molecule has 24 heavy (non-hydrogen) atoms. The van der Waals surface area contributed by atoms with E-state index in [9.17, 15) is 9.59 Å². The van der Waals surface area contributed by atoms with Crippen LogP contribution in [0.25, 0.3) is 0 Å². The molecule has 0 fully saturated rings. The number of nitrogens with zero attached hydrogens (tertiary/aromatic N) is 1. The molecule has 2 unspecified atom stereocenters. The van der Waals surface area contributed by atoms with Crippen LogP contribution in [0.3, 0.4) is 0 Å². The van der Waals surface area contributed by atoms with Gasteiger partial charge in [-0.1, -0.05) is 18.2 Å². The molecule has 2 rings (SSSR count). The van der Waals surface area contributed by atoms with E-state index in [0.29, 0.717) is 17.0 Å². The number of carbonyl (C=O) groups is 2. The number of methoxy groups -OCH3 is 2. The summed E-state index contributed by atoms with van der Waals surface area (Å²) in [4.78, 5) is 30.3. The largest absolute Gasteiger partial charge is 0.468 e. The van der Waals surface area contributed by atoms with Gasteiger partial charge in [-0.05, 0) is 31.7 Å². The molecule has 0 N–H and O–H groups in total. The van der Waals surface area contributed by atoms with Crippen LogP contribution in [-0.4, -0.2) is 38.1 Å². The molecule has 1 aromatic rings. The minimum Gasteiger partial charge on any atom is -0.468 e. The van der Waals surface area contributed by atoms with Crippen LogP contribution in [0.2, 0.25) is 0 Å². The zero-order valence-corrected chi connectivity index (χ0v) is 15.3. The predicted octanol–water partition coefficient (Wildman–Crippen LogP) is 3.20. The number of carbonyl (C=O) groups excluding carboxylic acids is 2. The Labute approximate surface area is 146 Å². The van der Waals surface area contributed by atoms with Crippen LogP contribution in [0.4, 0.5) is 0 Å². The Morgan fingerprint density at radius 3 is 2.38 bits per heavy atom. The lowest BCUT2D eigenvalue weighted by molar-refractivity contribution is -0.143. The number of thioether (sulfide) groups is 1. The van der Waals surface area contributed by atoms with Gasteiger partial charge in [0.1, 0.15) is 5.92 Å². The van der Waals surface area contributed by atoms with E-state index < -0.39 is 23.8 Å². The number of rotatable bonds is 4. The fourth-order valence-corrected chi connectivity index (χ4v) is 3.75. The molecule has 0 saturated carbocycles. The molecule has 1 heterocycles. The van der Waals surface area contributed by atoms with Gasteiger partial charge < -0.3 is 9.47 Å². The van der Waals surface area contributed by atoms with Crippen molar-refractivity contribution < 1.29 is 19.1 Å². The number of benzene rings is 1. The van der Waals surface area contributed by atoms with E-state index in [1.54, 1.807) is 25.6 Å².